The van der Waals surface area contributed by atoms with E-state index < -0.39 is 23.5 Å². The van der Waals surface area contributed by atoms with Crippen molar-refractivity contribution in [1.29, 1.82) is 0 Å². The molecule has 2 rings (SSSR count). The highest BCUT2D eigenvalue weighted by molar-refractivity contribution is 7.10. The largest absolute Gasteiger partial charge is 0.309 e. The van der Waals surface area contributed by atoms with E-state index in [2.05, 4.69) is 5.32 Å². The van der Waals surface area contributed by atoms with E-state index in [0.29, 0.717) is 0 Å². The molecule has 1 heterocycles. The normalized spacial score (nSPS) is 12.7. The lowest BCUT2D eigenvalue weighted by atomic mass is 10.0. The summed E-state index contributed by atoms with van der Waals surface area (Å²) in [4.78, 5) is 0.926. The SMILES string of the molecule is CCc1ccsc1C(NC)c1ccc(F)c(F)c1F. The Morgan fingerprint density at radius 3 is 2.53 bits per heavy atom. The van der Waals surface area contributed by atoms with Crippen LogP contribution in [0.4, 0.5) is 13.2 Å². The lowest BCUT2D eigenvalue weighted by molar-refractivity contribution is 0.435. The fraction of sp³-hybridized carbons (Fsp3) is 0.286. The van der Waals surface area contributed by atoms with Crippen molar-refractivity contribution in [3.8, 4) is 0 Å². The van der Waals surface area contributed by atoms with E-state index in [1.54, 1.807) is 7.05 Å². The van der Waals surface area contributed by atoms with E-state index >= 15 is 0 Å². The summed E-state index contributed by atoms with van der Waals surface area (Å²) in [5, 5.41) is 4.88. The number of thiophene rings is 1. The summed E-state index contributed by atoms with van der Waals surface area (Å²) in [5.74, 6) is -3.72. The minimum absolute atomic E-state index is 0.124. The van der Waals surface area contributed by atoms with Crippen LogP contribution in [0.3, 0.4) is 0 Å². The van der Waals surface area contributed by atoms with Gasteiger partial charge in [0.2, 0.25) is 0 Å². The van der Waals surface area contributed by atoms with Crippen LogP contribution in [0.2, 0.25) is 0 Å². The van der Waals surface area contributed by atoms with Gasteiger partial charge >= 0.3 is 0 Å². The molecule has 1 N–H and O–H groups in total. The number of benzene rings is 1. The average Bonchev–Trinajstić information content (AvgIpc) is 2.88. The molecule has 1 atom stereocenters. The van der Waals surface area contributed by atoms with Gasteiger partial charge in [-0.3, -0.25) is 0 Å². The predicted molar refractivity (Wildman–Crippen MR) is 70.9 cm³/mol. The van der Waals surface area contributed by atoms with E-state index in [1.165, 1.54) is 17.4 Å². The van der Waals surface area contributed by atoms with Crippen molar-refractivity contribution in [2.45, 2.75) is 19.4 Å². The average molecular weight is 285 g/mol. The van der Waals surface area contributed by atoms with Gasteiger partial charge in [-0.15, -0.1) is 11.3 Å². The van der Waals surface area contributed by atoms with Crippen molar-refractivity contribution >= 4 is 11.3 Å². The molecule has 5 heteroatoms. The molecular formula is C14H14F3NS. The standard InChI is InChI=1S/C14H14F3NS/c1-3-8-6-7-19-14(8)13(18-2)9-4-5-10(15)12(17)11(9)16/h4-7,13,18H,3H2,1-2H3. The lowest BCUT2D eigenvalue weighted by Crippen LogP contribution is -2.19. The maximum Gasteiger partial charge on any atom is 0.194 e. The molecule has 102 valence electrons. The molecule has 19 heavy (non-hydrogen) atoms. The molecule has 0 spiro atoms. The second kappa shape index (κ2) is 5.75. The van der Waals surface area contributed by atoms with E-state index in [-0.39, 0.29) is 5.56 Å². The molecule has 0 aliphatic carbocycles. The topological polar surface area (TPSA) is 12.0 Å². The lowest BCUT2D eigenvalue weighted by Gasteiger charge is -2.18. The Morgan fingerprint density at radius 2 is 1.89 bits per heavy atom. The molecule has 1 aromatic carbocycles. The Bertz CT molecular complexity index is 580. The fourth-order valence-electron chi connectivity index (χ4n) is 2.08. The predicted octanol–water partition coefficient (Wildman–Crippen LogP) is 4.04. The van der Waals surface area contributed by atoms with Crippen LogP contribution >= 0.6 is 11.3 Å². The number of nitrogens with one attached hydrogen (secondary N) is 1. The molecule has 1 unspecified atom stereocenters. The van der Waals surface area contributed by atoms with Gasteiger partial charge in [-0.25, -0.2) is 13.2 Å². The van der Waals surface area contributed by atoms with Gasteiger partial charge in [0.25, 0.3) is 0 Å². The van der Waals surface area contributed by atoms with Gasteiger partial charge < -0.3 is 5.32 Å². The highest BCUT2D eigenvalue weighted by atomic mass is 32.1. The van der Waals surface area contributed by atoms with Gasteiger partial charge in [-0.1, -0.05) is 13.0 Å². The number of hydrogen-bond donors (Lipinski definition) is 1. The summed E-state index contributed by atoms with van der Waals surface area (Å²) in [6.45, 7) is 2.00. The summed E-state index contributed by atoms with van der Waals surface area (Å²) in [7, 11) is 1.67. The smallest absolute Gasteiger partial charge is 0.194 e. The zero-order valence-electron chi connectivity index (χ0n) is 10.6. The van der Waals surface area contributed by atoms with Crippen LogP contribution in [0, 0.1) is 17.5 Å². The van der Waals surface area contributed by atoms with Gasteiger partial charge in [-0.2, -0.15) is 0 Å². The molecule has 1 nitrogen and oxygen atoms in total. The van der Waals surface area contributed by atoms with Crippen LogP contribution in [-0.2, 0) is 6.42 Å². The second-order valence-electron chi connectivity index (χ2n) is 4.15. The van der Waals surface area contributed by atoms with Crippen molar-refractivity contribution in [2.75, 3.05) is 7.05 Å². The van der Waals surface area contributed by atoms with Crippen molar-refractivity contribution in [3.05, 3.63) is 57.0 Å². The van der Waals surface area contributed by atoms with Crippen LogP contribution in [0.5, 0.6) is 0 Å². The molecule has 0 bridgehead atoms. The Balaban J connectivity index is 2.52. The highest BCUT2D eigenvalue weighted by Gasteiger charge is 2.23. The van der Waals surface area contributed by atoms with E-state index in [1.807, 2.05) is 18.4 Å². The molecule has 0 radical (unpaired) electrons. The maximum atomic E-state index is 13.9. The van der Waals surface area contributed by atoms with Crippen LogP contribution in [-0.4, -0.2) is 7.05 Å². The number of rotatable bonds is 4. The minimum atomic E-state index is -1.42. The monoisotopic (exact) mass is 285 g/mol. The number of halogens is 3. The quantitative estimate of drug-likeness (QED) is 0.836. The third-order valence-corrected chi connectivity index (χ3v) is 4.11. The van der Waals surface area contributed by atoms with Crippen molar-refractivity contribution in [1.82, 2.24) is 5.32 Å². The van der Waals surface area contributed by atoms with Crippen molar-refractivity contribution in [3.63, 3.8) is 0 Å². The number of hydrogen-bond acceptors (Lipinski definition) is 2. The first kappa shape index (κ1) is 14.1. The zero-order valence-corrected chi connectivity index (χ0v) is 11.5. The van der Waals surface area contributed by atoms with Gasteiger partial charge in [0, 0.05) is 10.4 Å². The second-order valence-corrected chi connectivity index (χ2v) is 5.10. The molecule has 1 aromatic heterocycles. The first-order valence-corrected chi connectivity index (χ1v) is 6.85. The minimum Gasteiger partial charge on any atom is -0.309 e. The molecular weight excluding hydrogens is 271 g/mol. The van der Waals surface area contributed by atoms with Gasteiger partial charge in [0.1, 0.15) is 0 Å². The van der Waals surface area contributed by atoms with E-state index in [9.17, 15) is 13.2 Å². The summed E-state index contributed by atoms with van der Waals surface area (Å²) in [5.41, 5.74) is 1.20. The summed E-state index contributed by atoms with van der Waals surface area (Å²) in [6.07, 6.45) is 0.808. The summed E-state index contributed by atoms with van der Waals surface area (Å²) in [6, 6.07) is 3.73. The molecule has 0 saturated heterocycles. The highest BCUT2D eigenvalue weighted by Crippen LogP contribution is 2.32. The zero-order chi connectivity index (χ0) is 14.0. The van der Waals surface area contributed by atoms with Gasteiger partial charge in [-0.05, 0) is 36.5 Å². The van der Waals surface area contributed by atoms with Crippen molar-refractivity contribution in [2.24, 2.45) is 0 Å². The van der Waals surface area contributed by atoms with E-state index in [4.69, 9.17) is 0 Å². The van der Waals surface area contributed by atoms with Crippen LogP contribution < -0.4 is 5.32 Å². The molecule has 0 amide bonds. The maximum absolute atomic E-state index is 13.9. The summed E-state index contributed by atoms with van der Waals surface area (Å²) < 4.78 is 40.2. The van der Waals surface area contributed by atoms with Crippen molar-refractivity contribution < 1.29 is 13.2 Å². The molecule has 0 aliphatic heterocycles. The molecule has 0 saturated carbocycles. The van der Waals surface area contributed by atoms with Crippen LogP contribution in [0.1, 0.15) is 29.0 Å². The Kier molecular flexibility index (Phi) is 4.27. The third kappa shape index (κ3) is 2.53. The fourth-order valence-corrected chi connectivity index (χ4v) is 3.21. The van der Waals surface area contributed by atoms with E-state index in [0.717, 1.165) is 22.9 Å². The first-order chi connectivity index (χ1) is 9.10. The molecule has 2 aromatic rings. The summed E-state index contributed by atoms with van der Waals surface area (Å²) >= 11 is 1.48. The third-order valence-electron chi connectivity index (χ3n) is 3.09. The molecule has 0 fully saturated rings. The Morgan fingerprint density at radius 1 is 1.16 bits per heavy atom. The van der Waals surface area contributed by atoms with Gasteiger partial charge in [0.15, 0.2) is 17.5 Å². The first-order valence-electron chi connectivity index (χ1n) is 5.97. The van der Waals surface area contributed by atoms with Crippen LogP contribution in [0.25, 0.3) is 0 Å². The van der Waals surface area contributed by atoms with Crippen LogP contribution in [0.15, 0.2) is 23.6 Å². The molecule has 0 aliphatic rings. The Hall–Kier alpha value is -1.33. The number of aryl methyl sites for hydroxylation is 1. The van der Waals surface area contributed by atoms with Gasteiger partial charge in [0.05, 0.1) is 6.04 Å². The Labute approximate surface area is 114 Å².